The van der Waals surface area contributed by atoms with Gasteiger partial charge >= 0.3 is 0 Å². The summed E-state index contributed by atoms with van der Waals surface area (Å²) in [4.78, 5) is 0. The monoisotopic (exact) mass is 386 g/mol. The molecule has 0 spiro atoms. The van der Waals surface area contributed by atoms with Crippen molar-refractivity contribution >= 4 is 38.2 Å². The van der Waals surface area contributed by atoms with Crippen molar-refractivity contribution in [3.05, 3.63) is 60.7 Å². The van der Waals surface area contributed by atoms with E-state index in [1.54, 1.807) is 10.6 Å². The molecule has 0 aliphatic rings. The normalized spacial score (nSPS) is 12.9. The zero-order valence-corrected chi connectivity index (χ0v) is 20.0. The molecule has 0 aromatic heterocycles. The molecule has 0 heterocycles. The second-order valence-corrected chi connectivity index (χ2v) is 23.9. The third-order valence-corrected chi connectivity index (χ3v) is 22.7. The Labute approximate surface area is 157 Å². The van der Waals surface area contributed by atoms with Crippen molar-refractivity contribution in [3.63, 3.8) is 0 Å². The lowest BCUT2D eigenvalue weighted by Gasteiger charge is -2.43. The third kappa shape index (κ3) is 4.30. The molecular formula is C22H35PSi2. The molecule has 0 unspecified atom stereocenters. The summed E-state index contributed by atoms with van der Waals surface area (Å²) >= 11 is 0. The van der Waals surface area contributed by atoms with Crippen LogP contribution in [0.5, 0.6) is 0 Å². The van der Waals surface area contributed by atoms with Gasteiger partial charge in [0.1, 0.15) is 0 Å². The molecule has 0 fully saturated rings. The van der Waals surface area contributed by atoms with E-state index >= 15 is 0 Å². The van der Waals surface area contributed by atoms with E-state index in [4.69, 9.17) is 0 Å². The highest BCUT2D eigenvalue weighted by molar-refractivity contribution is 7.96. The highest BCUT2D eigenvalue weighted by Gasteiger charge is 2.40. The molecule has 0 saturated heterocycles. The van der Waals surface area contributed by atoms with Gasteiger partial charge < -0.3 is 0 Å². The zero-order valence-electron chi connectivity index (χ0n) is 17.1. The van der Waals surface area contributed by atoms with Gasteiger partial charge in [0.2, 0.25) is 0 Å². The Morgan fingerprint density at radius 3 is 1.32 bits per heavy atom. The van der Waals surface area contributed by atoms with E-state index in [9.17, 15) is 0 Å². The Morgan fingerprint density at radius 1 is 0.680 bits per heavy atom. The van der Waals surface area contributed by atoms with Crippen LogP contribution in [0.4, 0.5) is 0 Å². The van der Waals surface area contributed by atoms with E-state index in [1.807, 2.05) is 4.54 Å². The Kier molecular flexibility index (Phi) is 6.41. The minimum Gasteiger partial charge on any atom is -0.0851 e. The molecule has 3 heteroatoms. The van der Waals surface area contributed by atoms with Gasteiger partial charge in [0.25, 0.3) is 0 Å². The lowest BCUT2D eigenvalue weighted by atomic mass is 10.4. The Morgan fingerprint density at radius 2 is 1.04 bits per heavy atom. The van der Waals surface area contributed by atoms with Gasteiger partial charge in [-0.2, -0.15) is 0 Å². The van der Waals surface area contributed by atoms with E-state index < -0.39 is 23.0 Å². The van der Waals surface area contributed by atoms with Crippen LogP contribution in [0.3, 0.4) is 0 Å². The van der Waals surface area contributed by atoms with Crippen molar-refractivity contribution in [2.75, 3.05) is 6.16 Å². The van der Waals surface area contributed by atoms with Gasteiger partial charge in [-0.05, 0) is 16.8 Å². The van der Waals surface area contributed by atoms with Crippen LogP contribution >= 0.6 is 6.89 Å². The molecule has 0 bridgehead atoms. The standard InChI is InChI=1S/C22H35PSi2/c1-8-19-23(20-15-11-9-12-16-20,21-17-13-10-14-18-21)22(24(2,3)4)25(5,6)7/h9-18H,8,19H2,1-7H3. The average Bonchev–Trinajstić information content (AvgIpc) is 2.53. The summed E-state index contributed by atoms with van der Waals surface area (Å²) in [6, 6.07) is 23.0. The quantitative estimate of drug-likeness (QED) is 0.422. The predicted octanol–water partition coefficient (Wildman–Crippen LogP) is 5.99. The fraction of sp³-hybridized carbons (Fsp3) is 0.409. The largest absolute Gasteiger partial charge is 0.0851 e. The second-order valence-electron chi connectivity index (χ2n) is 9.05. The SMILES string of the molecule is CCCP(=C([Si](C)(C)C)[Si](C)(C)C)(c1ccccc1)c1ccccc1. The van der Waals surface area contributed by atoms with Crippen LogP contribution in [0.2, 0.25) is 39.3 Å². The predicted molar refractivity (Wildman–Crippen MR) is 126 cm³/mol. The van der Waals surface area contributed by atoms with Gasteiger partial charge in [0.15, 0.2) is 0 Å². The van der Waals surface area contributed by atoms with Crippen LogP contribution in [0, 0.1) is 0 Å². The topological polar surface area (TPSA) is 0 Å². The number of hydrogen-bond acceptors (Lipinski definition) is 0. The maximum atomic E-state index is 2.58. The molecule has 0 nitrogen and oxygen atoms in total. The van der Waals surface area contributed by atoms with Crippen molar-refractivity contribution in [2.24, 2.45) is 0 Å². The van der Waals surface area contributed by atoms with Crippen LogP contribution in [0.25, 0.3) is 0 Å². The fourth-order valence-electron chi connectivity index (χ4n) is 4.75. The highest BCUT2D eigenvalue weighted by atomic mass is 31.2. The van der Waals surface area contributed by atoms with Crippen molar-refractivity contribution in [1.82, 2.24) is 0 Å². The molecule has 0 aliphatic heterocycles. The number of benzene rings is 2. The Bertz CT molecular complexity index is 676. The summed E-state index contributed by atoms with van der Waals surface area (Å²) in [7, 11) is -2.87. The summed E-state index contributed by atoms with van der Waals surface area (Å²) in [6.07, 6.45) is 2.56. The first-order valence-corrected chi connectivity index (χ1v) is 18.5. The van der Waals surface area contributed by atoms with E-state index in [0.717, 1.165) is 0 Å². The molecule has 0 aliphatic carbocycles. The van der Waals surface area contributed by atoms with Crippen LogP contribution in [-0.4, -0.2) is 26.8 Å². The Hall–Kier alpha value is -0.826. The molecule has 136 valence electrons. The second kappa shape index (κ2) is 7.82. The van der Waals surface area contributed by atoms with E-state index in [2.05, 4.69) is 107 Å². The first-order valence-electron chi connectivity index (χ1n) is 9.52. The lowest BCUT2D eigenvalue weighted by molar-refractivity contribution is 1.10. The summed E-state index contributed by atoms with van der Waals surface area (Å²) in [6.45, 7) is 16.3. The van der Waals surface area contributed by atoms with Crippen molar-refractivity contribution in [1.29, 1.82) is 0 Å². The van der Waals surface area contributed by atoms with Gasteiger partial charge in [0, 0.05) is 0 Å². The van der Waals surface area contributed by atoms with Gasteiger partial charge in [-0.3, -0.25) is 0 Å². The minimum absolute atomic E-state index is 1.25. The smallest absolute Gasteiger partial charge is 0.0691 e. The average molecular weight is 387 g/mol. The summed E-state index contributed by atoms with van der Waals surface area (Å²) in [5.41, 5.74) is 0. The third-order valence-electron chi connectivity index (χ3n) is 4.76. The van der Waals surface area contributed by atoms with Crippen LogP contribution in [0.15, 0.2) is 60.7 Å². The molecule has 2 aromatic rings. The van der Waals surface area contributed by atoms with Crippen molar-refractivity contribution in [2.45, 2.75) is 52.6 Å². The van der Waals surface area contributed by atoms with Crippen LogP contribution in [0.1, 0.15) is 13.3 Å². The van der Waals surface area contributed by atoms with E-state index in [0.29, 0.717) is 0 Å². The van der Waals surface area contributed by atoms with Crippen molar-refractivity contribution in [3.8, 4) is 0 Å². The first kappa shape index (κ1) is 20.5. The van der Waals surface area contributed by atoms with Crippen LogP contribution < -0.4 is 10.6 Å². The number of hydrogen-bond donors (Lipinski definition) is 0. The molecule has 2 rings (SSSR count). The first-order chi connectivity index (χ1) is 11.6. The molecule has 0 atom stereocenters. The molecule has 0 N–H and O–H groups in total. The fourth-order valence-corrected chi connectivity index (χ4v) is 28.7. The highest BCUT2D eigenvalue weighted by Crippen LogP contribution is 2.51. The zero-order chi connectivity index (χ0) is 18.7. The van der Waals surface area contributed by atoms with E-state index in [1.165, 1.54) is 12.6 Å². The lowest BCUT2D eigenvalue weighted by Crippen LogP contribution is -2.52. The molecule has 0 saturated carbocycles. The summed E-state index contributed by atoms with van der Waals surface area (Å²) < 4.78 is 2.01. The van der Waals surface area contributed by atoms with Gasteiger partial charge in [0.05, 0.1) is 16.1 Å². The van der Waals surface area contributed by atoms with Crippen molar-refractivity contribution < 1.29 is 0 Å². The molecule has 0 amide bonds. The summed E-state index contributed by atoms with van der Waals surface area (Å²) in [5.74, 6) is 0. The van der Waals surface area contributed by atoms with Crippen LogP contribution in [-0.2, 0) is 0 Å². The maximum absolute atomic E-state index is 2.58. The van der Waals surface area contributed by atoms with E-state index in [-0.39, 0.29) is 0 Å². The molecular weight excluding hydrogens is 351 g/mol. The van der Waals surface area contributed by atoms with Gasteiger partial charge in [-0.1, -0.05) is 125 Å². The summed E-state index contributed by atoms with van der Waals surface area (Å²) in [5, 5.41) is 3.20. The van der Waals surface area contributed by atoms with Gasteiger partial charge in [-0.15, -0.1) is 0 Å². The maximum Gasteiger partial charge on any atom is 0.0691 e. The number of rotatable bonds is 6. The molecule has 25 heavy (non-hydrogen) atoms. The molecule has 0 radical (unpaired) electrons. The molecule has 2 aromatic carbocycles. The minimum atomic E-state index is -1.51. The van der Waals surface area contributed by atoms with Gasteiger partial charge in [-0.25, -0.2) is 0 Å². The Balaban J connectivity index is 3.10.